The fraction of sp³-hybridized carbons (Fsp3) is 0.0625. The van der Waals surface area contributed by atoms with Gasteiger partial charge in [0.25, 0.3) is 5.91 Å². The lowest BCUT2D eigenvalue weighted by atomic mass is 10.1. The Morgan fingerprint density at radius 2 is 2.15 bits per heavy atom. The van der Waals surface area contributed by atoms with Crippen LogP contribution in [-0.2, 0) is 4.79 Å². The van der Waals surface area contributed by atoms with Crippen molar-refractivity contribution in [2.45, 2.75) is 0 Å². The number of methoxy groups -OCH3 is 1. The van der Waals surface area contributed by atoms with Gasteiger partial charge in [-0.2, -0.15) is 0 Å². The van der Waals surface area contributed by atoms with E-state index in [2.05, 4.69) is 5.32 Å². The zero-order valence-electron chi connectivity index (χ0n) is 10.9. The van der Waals surface area contributed by atoms with Crippen molar-refractivity contribution in [3.8, 4) is 5.75 Å². The molecule has 1 aliphatic rings. The maximum Gasteiger partial charge on any atom is 0.255 e. The summed E-state index contributed by atoms with van der Waals surface area (Å²) in [6, 6.07) is 11.6. The first-order valence-electron chi connectivity index (χ1n) is 6.19. The van der Waals surface area contributed by atoms with Crippen LogP contribution in [0, 0.1) is 0 Å². The molecule has 0 bridgehead atoms. The van der Waals surface area contributed by atoms with E-state index in [1.54, 1.807) is 18.4 Å². The van der Waals surface area contributed by atoms with Crippen LogP contribution in [0.4, 0.5) is 0 Å². The van der Waals surface area contributed by atoms with E-state index < -0.39 is 0 Å². The molecule has 20 heavy (non-hydrogen) atoms. The second-order valence-corrected chi connectivity index (χ2v) is 5.34. The van der Waals surface area contributed by atoms with E-state index in [1.807, 2.05) is 53.9 Å². The van der Waals surface area contributed by atoms with Crippen LogP contribution in [0.15, 0.2) is 53.4 Å². The number of amides is 1. The van der Waals surface area contributed by atoms with Gasteiger partial charge in [-0.3, -0.25) is 4.79 Å². The van der Waals surface area contributed by atoms with Gasteiger partial charge in [0.2, 0.25) is 0 Å². The van der Waals surface area contributed by atoms with Crippen molar-refractivity contribution in [2.24, 2.45) is 0 Å². The molecule has 0 atom stereocenters. The molecule has 0 saturated carbocycles. The second-order valence-electron chi connectivity index (χ2n) is 4.36. The highest BCUT2D eigenvalue weighted by Gasteiger charge is 2.19. The van der Waals surface area contributed by atoms with Gasteiger partial charge in [0, 0.05) is 21.7 Å². The van der Waals surface area contributed by atoms with Crippen molar-refractivity contribution in [3.05, 3.63) is 63.9 Å². The summed E-state index contributed by atoms with van der Waals surface area (Å²) in [6.45, 7) is 0. The predicted octanol–water partition coefficient (Wildman–Crippen LogP) is 3.31. The van der Waals surface area contributed by atoms with Crippen LogP contribution in [0.1, 0.15) is 10.4 Å². The van der Waals surface area contributed by atoms with E-state index in [0.717, 1.165) is 21.9 Å². The zero-order valence-corrected chi connectivity index (χ0v) is 11.7. The average molecular weight is 283 g/mol. The molecule has 3 nitrogen and oxygen atoms in total. The molecule has 0 saturated heterocycles. The first-order chi connectivity index (χ1) is 9.76. The Bertz CT molecular complexity index is 699. The van der Waals surface area contributed by atoms with Crippen molar-refractivity contribution in [3.63, 3.8) is 0 Å². The topological polar surface area (TPSA) is 38.3 Å². The monoisotopic (exact) mass is 283 g/mol. The number of carbonyl (C=O) groups is 1. The number of hydrogen-bond acceptors (Lipinski definition) is 3. The zero-order chi connectivity index (χ0) is 13.9. The fourth-order valence-corrected chi connectivity index (χ4v) is 2.70. The van der Waals surface area contributed by atoms with Crippen LogP contribution in [0.5, 0.6) is 5.75 Å². The predicted molar refractivity (Wildman–Crippen MR) is 81.4 cm³/mol. The Kier molecular flexibility index (Phi) is 3.39. The van der Waals surface area contributed by atoms with Gasteiger partial charge in [-0.15, -0.1) is 11.3 Å². The largest absolute Gasteiger partial charge is 0.497 e. The van der Waals surface area contributed by atoms with Crippen LogP contribution < -0.4 is 10.1 Å². The minimum Gasteiger partial charge on any atom is -0.497 e. The molecule has 1 amide bonds. The van der Waals surface area contributed by atoms with E-state index in [9.17, 15) is 4.79 Å². The van der Waals surface area contributed by atoms with Crippen LogP contribution in [-0.4, -0.2) is 13.0 Å². The third kappa shape index (κ3) is 2.51. The number of benzene rings is 1. The van der Waals surface area contributed by atoms with E-state index >= 15 is 0 Å². The van der Waals surface area contributed by atoms with Crippen molar-refractivity contribution in [2.75, 3.05) is 7.11 Å². The van der Waals surface area contributed by atoms with Crippen molar-refractivity contribution >= 4 is 29.0 Å². The summed E-state index contributed by atoms with van der Waals surface area (Å²) in [5.74, 6) is 0.699. The van der Waals surface area contributed by atoms with Gasteiger partial charge < -0.3 is 10.1 Å². The fourth-order valence-electron chi connectivity index (χ4n) is 2.03. The molecule has 100 valence electrons. The van der Waals surface area contributed by atoms with Crippen molar-refractivity contribution in [1.29, 1.82) is 0 Å². The molecule has 1 N–H and O–H groups in total. The molecule has 2 aromatic rings. The molecule has 1 aromatic carbocycles. The number of rotatable bonds is 3. The first kappa shape index (κ1) is 12.7. The van der Waals surface area contributed by atoms with Gasteiger partial charge in [-0.05, 0) is 35.7 Å². The van der Waals surface area contributed by atoms with Crippen LogP contribution in [0.25, 0.3) is 11.8 Å². The molecule has 0 aliphatic carbocycles. The molecule has 4 heteroatoms. The number of carbonyl (C=O) groups excluding carboxylic acids is 1. The molecular weight excluding hydrogens is 270 g/mol. The summed E-state index contributed by atoms with van der Waals surface area (Å²) in [6.07, 6.45) is 3.77. The summed E-state index contributed by atoms with van der Waals surface area (Å²) < 4.78 is 5.20. The standard InChI is InChI=1S/C16H13NO2S/c1-19-13-5-2-4-11(8-13)15-10-12(16(18)17-15)9-14-6-3-7-20-14/h2-10H,1H3,(H,17,18). The van der Waals surface area contributed by atoms with Crippen LogP contribution in [0.2, 0.25) is 0 Å². The molecule has 2 heterocycles. The Morgan fingerprint density at radius 1 is 1.25 bits per heavy atom. The summed E-state index contributed by atoms with van der Waals surface area (Å²) in [4.78, 5) is 13.0. The highest BCUT2D eigenvalue weighted by atomic mass is 32.1. The Balaban J connectivity index is 1.93. The average Bonchev–Trinajstić information content (AvgIpc) is 3.10. The smallest absolute Gasteiger partial charge is 0.255 e. The second kappa shape index (κ2) is 5.35. The Labute approximate surface area is 121 Å². The number of thiophene rings is 1. The number of hydrogen-bond donors (Lipinski definition) is 1. The Hall–Kier alpha value is -2.33. The highest BCUT2D eigenvalue weighted by molar-refractivity contribution is 7.10. The van der Waals surface area contributed by atoms with Gasteiger partial charge in [-0.25, -0.2) is 0 Å². The molecular formula is C16H13NO2S. The van der Waals surface area contributed by atoms with E-state index in [-0.39, 0.29) is 5.91 Å². The van der Waals surface area contributed by atoms with Gasteiger partial charge in [0.05, 0.1) is 7.11 Å². The van der Waals surface area contributed by atoms with Crippen molar-refractivity contribution < 1.29 is 9.53 Å². The molecule has 1 aromatic heterocycles. The summed E-state index contributed by atoms with van der Waals surface area (Å²) in [5.41, 5.74) is 2.41. The molecule has 0 fully saturated rings. The third-order valence-corrected chi connectivity index (χ3v) is 3.85. The minimum atomic E-state index is -0.0729. The molecule has 0 radical (unpaired) electrons. The summed E-state index contributed by atoms with van der Waals surface area (Å²) in [7, 11) is 1.63. The maximum absolute atomic E-state index is 12.0. The lowest BCUT2D eigenvalue weighted by molar-refractivity contribution is -0.115. The van der Waals surface area contributed by atoms with Gasteiger partial charge in [0.1, 0.15) is 5.75 Å². The third-order valence-electron chi connectivity index (χ3n) is 3.03. The number of ether oxygens (including phenoxy) is 1. The highest BCUT2D eigenvalue weighted by Crippen LogP contribution is 2.25. The summed E-state index contributed by atoms with van der Waals surface area (Å²) >= 11 is 1.61. The van der Waals surface area contributed by atoms with Gasteiger partial charge >= 0.3 is 0 Å². The lowest BCUT2D eigenvalue weighted by Crippen LogP contribution is -2.15. The van der Waals surface area contributed by atoms with Gasteiger partial charge in [0.15, 0.2) is 0 Å². The lowest BCUT2D eigenvalue weighted by Gasteiger charge is -2.05. The van der Waals surface area contributed by atoms with Crippen molar-refractivity contribution in [1.82, 2.24) is 5.32 Å². The van der Waals surface area contributed by atoms with E-state index in [1.165, 1.54) is 0 Å². The maximum atomic E-state index is 12.0. The van der Waals surface area contributed by atoms with Crippen LogP contribution >= 0.6 is 11.3 Å². The normalized spacial score (nSPS) is 16.1. The quantitative estimate of drug-likeness (QED) is 0.878. The minimum absolute atomic E-state index is 0.0729. The molecule has 0 spiro atoms. The number of nitrogens with one attached hydrogen (secondary N) is 1. The molecule has 1 aliphatic heterocycles. The first-order valence-corrected chi connectivity index (χ1v) is 7.07. The molecule has 3 rings (SSSR count). The summed E-state index contributed by atoms with van der Waals surface area (Å²) in [5, 5.41) is 4.88. The van der Waals surface area contributed by atoms with E-state index in [0.29, 0.717) is 5.57 Å². The van der Waals surface area contributed by atoms with Gasteiger partial charge in [-0.1, -0.05) is 18.2 Å². The SMILES string of the molecule is COc1cccc(C2=CC(=Cc3cccs3)C(=O)N2)c1. The van der Waals surface area contributed by atoms with E-state index in [4.69, 9.17) is 4.74 Å². The molecule has 0 unspecified atom stereocenters. The van der Waals surface area contributed by atoms with Crippen LogP contribution in [0.3, 0.4) is 0 Å². The Morgan fingerprint density at radius 3 is 2.90 bits per heavy atom.